The van der Waals surface area contributed by atoms with Crippen molar-refractivity contribution in [2.75, 3.05) is 6.61 Å². The second kappa shape index (κ2) is 12.9. The van der Waals surface area contributed by atoms with Crippen molar-refractivity contribution in [2.24, 2.45) is 46.3 Å². The number of hydrogen-bond acceptors (Lipinski definition) is 5. The highest BCUT2D eigenvalue weighted by Gasteiger charge is 2.71. The summed E-state index contributed by atoms with van der Waals surface area (Å²) in [6, 6.07) is 21.4. The number of hydrogen-bond donors (Lipinski definition) is 1. The first-order valence-corrected chi connectivity index (χ1v) is 20.1. The lowest BCUT2D eigenvalue weighted by Gasteiger charge is -2.55. The third kappa shape index (κ3) is 5.79. The van der Waals surface area contributed by atoms with Gasteiger partial charge in [0.15, 0.2) is 0 Å². The van der Waals surface area contributed by atoms with E-state index in [-0.39, 0.29) is 40.3 Å². The van der Waals surface area contributed by atoms with Crippen molar-refractivity contribution >= 4 is 24.7 Å². The van der Waals surface area contributed by atoms with Gasteiger partial charge in [-0.2, -0.15) is 0 Å². The maximum Gasteiger partial charge on any atom is 0.318 e. The first kappa shape index (κ1) is 34.6. The van der Waals surface area contributed by atoms with Crippen LogP contribution in [-0.2, 0) is 18.7 Å². The summed E-state index contributed by atoms with van der Waals surface area (Å²) in [6.07, 6.45) is 7.74. The van der Waals surface area contributed by atoms with E-state index in [0.29, 0.717) is 30.8 Å². The van der Waals surface area contributed by atoms with Gasteiger partial charge in [-0.1, -0.05) is 135 Å². The van der Waals surface area contributed by atoms with Gasteiger partial charge in [0.25, 0.3) is 8.32 Å². The van der Waals surface area contributed by atoms with E-state index in [1.54, 1.807) is 0 Å². The monoisotopic (exact) mass is 658 g/mol. The number of rotatable bonds is 8. The molecule has 2 aromatic rings. The highest BCUT2D eigenvalue weighted by atomic mass is 28.4. The molecular formula is C41H58O5Si. The zero-order valence-corrected chi connectivity index (χ0v) is 30.9. The molecular weight excluding hydrogens is 601 g/mol. The van der Waals surface area contributed by atoms with Crippen LogP contribution in [0, 0.1) is 46.3 Å². The summed E-state index contributed by atoms with van der Waals surface area (Å²) < 4.78 is 21.0. The first-order valence-electron chi connectivity index (χ1n) is 18.2. The zero-order valence-electron chi connectivity index (χ0n) is 29.9. The maximum atomic E-state index is 14.4. The molecule has 3 fully saturated rings. The molecule has 4 aliphatic rings. The number of cyclic esters (lactones) is 1. The molecule has 1 N–H and O–H groups in total. The van der Waals surface area contributed by atoms with Crippen LogP contribution in [0.25, 0.3) is 0 Å². The number of aliphatic hydroxyl groups is 1. The van der Waals surface area contributed by atoms with Gasteiger partial charge in [0.2, 0.25) is 6.29 Å². The summed E-state index contributed by atoms with van der Waals surface area (Å²) in [6.45, 7) is 18.7. The first-order chi connectivity index (χ1) is 22.2. The van der Waals surface area contributed by atoms with Crippen molar-refractivity contribution in [3.63, 3.8) is 0 Å². The average Bonchev–Trinajstić information content (AvgIpc) is 3.32. The molecule has 3 aliphatic carbocycles. The quantitative estimate of drug-likeness (QED) is 0.181. The molecule has 1 aliphatic heterocycles. The topological polar surface area (TPSA) is 65.0 Å². The Morgan fingerprint density at radius 3 is 2.15 bits per heavy atom. The molecule has 1 saturated heterocycles. The number of benzene rings is 2. The normalized spacial score (nSPS) is 35.3. The van der Waals surface area contributed by atoms with Crippen LogP contribution in [-0.4, -0.2) is 44.5 Å². The predicted molar refractivity (Wildman–Crippen MR) is 191 cm³/mol. The second-order valence-electron chi connectivity index (χ2n) is 17.3. The fraction of sp³-hybridized carbons (Fsp3) is 0.634. The van der Waals surface area contributed by atoms with Gasteiger partial charge in [-0.05, 0) is 64.3 Å². The number of ether oxygens (including phenoxy) is 2. The average molecular weight is 659 g/mol. The van der Waals surface area contributed by atoms with E-state index in [1.165, 1.54) is 16.8 Å². The van der Waals surface area contributed by atoms with Crippen LogP contribution in [0.3, 0.4) is 0 Å². The molecule has 6 rings (SSSR count). The van der Waals surface area contributed by atoms with Gasteiger partial charge in [0.1, 0.15) is 5.41 Å². The van der Waals surface area contributed by atoms with Crippen LogP contribution in [0.2, 0.25) is 5.04 Å². The fourth-order valence-corrected chi connectivity index (χ4v) is 14.7. The Balaban J connectivity index is 1.43. The van der Waals surface area contributed by atoms with Crippen LogP contribution >= 0.6 is 0 Å². The molecule has 9 atom stereocenters. The highest BCUT2D eigenvalue weighted by molar-refractivity contribution is 6.99. The lowest BCUT2D eigenvalue weighted by Crippen LogP contribution is -2.67. The van der Waals surface area contributed by atoms with Gasteiger partial charge < -0.3 is 19.0 Å². The lowest BCUT2D eigenvalue weighted by atomic mass is 9.47. The van der Waals surface area contributed by atoms with E-state index < -0.39 is 26.1 Å². The van der Waals surface area contributed by atoms with E-state index in [1.807, 2.05) is 0 Å². The third-order valence-corrected chi connectivity index (χ3v) is 17.6. The molecule has 5 nitrogen and oxygen atoms in total. The summed E-state index contributed by atoms with van der Waals surface area (Å²) in [4.78, 5) is 14.4. The Morgan fingerprint density at radius 2 is 1.57 bits per heavy atom. The van der Waals surface area contributed by atoms with Crippen molar-refractivity contribution in [1.82, 2.24) is 0 Å². The van der Waals surface area contributed by atoms with Crippen molar-refractivity contribution in [3.05, 3.63) is 72.8 Å². The lowest BCUT2D eigenvalue weighted by molar-refractivity contribution is -0.203. The summed E-state index contributed by atoms with van der Waals surface area (Å²) in [5.41, 5.74) is -1.22. The molecule has 0 radical (unpaired) electrons. The Bertz CT molecular complexity index is 1370. The Morgan fingerprint density at radius 1 is 0.957 bits per heavy atom. The van der Waals surface area contributed by atoms with Gasteiger partial charge >= 0.3 is 5.97 Å². The molecule has 0 bridgehead atoms. The molecule has 0 unspecified atom stereocenters. The molecule has 0 aromatic heterocycles. The smallest absolute Gasteiger partial charge is 0.318 e. The van der Waals surface area contributed by atoms with Crippen molar-refractivity contribution < 1.29 is 23.8 Å². The minimum atomic E-state index is -2.85. The predicted octanol–water partition coefficient (Wildman–Crippen LogP) is 7.51. The molecule has 2 saturated carbocycles. The van der Waals surface area contributed by atoms with Crippen molar-refractivity contribution in [3.8, 4) is 0 Å². The van der Waals surface area contributed by atoms with Crippen molar-refractivity contribution in [1.29, 1.82) is 0 Å². The van der Waals surface area contributed by atoms with Crippen molar-refractivity contribution in [2.45, 2.75) is 111 Å². The van der Waals surface area contributed by atoms with Gasteiger partial charge in [-0.15, -0.1) is 0 Å². The van der Waals surface area contributed by atoms with Gasteiger partial charge in [0.05, 0.1) is 12.2 Å². The minimum Gasteiger partial charge on any atom is -0.435 e. The molecule has 2 aromatic carbocycles. The van der Waals surface area contributed by atoms with Crippen LogP contribution in [0.1, 0.15) is 87.5 Å². The van der Waals surface area contributed by atoms with E-state index in [2.05, 4.69) is 128 Å². The number of carbonyl (C=O) groups excluding carboxylic acids is 1. The van der Waals surface area contributed by atoms with Gasteiger partial charge in [-0.25, -0.2) is 0 Å². The van der Waals surface area contributed by atoms with Crippen LogP contribution in [0.4, 0.5) is 0 Å². The van der Waals surface area contributed by atoms with Crippen LogP contribution in [0.5, 0.6) is 0 Å². The maximum absolute atomic E-state index is 14.4. The third-order valence-electron chi connectivity index (χ3n) is 12.6. The van der Waals surface area contributed by atoms with Gasteiger partial charge in [0, 0.05) is 24.4 Å². The summed E-state index contributed by atoms with van der Waals surface area (Å²) in [5, 5.41) is 14.3. The Labute approximate surface area is 284 Å². The van der Waals surface area contributed by atoms with E-state index >= 15 is 0 Å². The Hall–Kier alpha value is -2.25. The number of esters is 1. The van der Waals surface area contributed by atoms with E-state index in [0.717, 1.165) is 19.3 Å². The van der Waals surface area contributed by atoms with Crippen LogP contribution in [0.15, 0.2) is 72.8 Å². The van der Waals surface area contributed by atoms with Gasteiger partial charge in [-0.3, -0.25) is 4.79 Å². The molecule has 6 heteroatoms. The summed E-state index contributed by atoms with van der Waals surface area (Å²) in [7, 11) is -2.85. The fourth-order valence-electron chi connectivity index (χ4n) is 10.1. The zero-order chi connectivity index (χ0) is 33.8. The van der Waals surface area contributed by atoms with E-state index in [4.69, 9.17) is 13.9 Å². The summed E-state index contributed by atoms with van der Waals surface area (Å²) >= 11 is 0. The Kier molecular flexibility index (Phi) is 9.49. The highest BCUT2D eigenvalue weighted by Crippen LogP contribution is 2.64. The SMILES string of the molecule is CC(C)[C@H]1CC[C@H](C)C[C@@H]1O[C@@H]1OC(=O)[C@]23[C@H]1[C@H](CO[Si](c1ccccc1)(c1ccccc1)C(C)(C)C)C=C[C@@H]2C(C)(C)CC[C@H]3O. The second-order valence-corrected chi connectivity index (χ2v) is 21.6. The molecule has 1 spiro atoms. The summed E-state index contributed by atoms with van der Waals surface area (Å²) in [5.74, 6) is 0.521. The van der Waals surface area contributed by atoms with Crippen LogP contribution < -0.4 is 10.4 Å². The minimum absolute atomic E-state index is 0.0167. The molecule has 1 heterocycles. The largest absolute Gasteiger partial charge is 0.435 e. The number of carbonyl (C=O) groups is 1. The standard InChI is InChI=1S/C41H58O5Si/c1-27(2)32-21-19-28(3)25-33(32)45-37-36-29(20-22-34-40(7,8)24-23-35(42)41(34,36)38(43)46-37)26-44-47(39(4,5)6,30-15-11-9-12-16-30)31-17-13-10-14-18-31/h9-18,20,22,27-29,32-37,42H,19,21,23-26H2,1-8H3/t28-,29-,32+,33-,34+,35+,36-,37+,41+/m0/s1. The van der Waals surface area contributed by atoms with E-state index in [9.17, 15) is 9.90 Å². The molecule has 256 valence electrons. The number of allylic oxidation sites excluding steroid dienone is 1. The molecule has 0 amide bonds. The molecule has 47 heavy (non-hydrogen) atoms. The number of aliphatic hydroxyl groups excluding tert-OH is 1.